The van der Waals surface area contributed by atoms with Gasteiger partial charge in [-0.3, -0.25) is 14.5 Å². The van der Waals surface area contributed by atoms with Gasteiger partial charge in [0.25, 0.3) is 5.91 Å². The van der Waals surface area contributed by atoms with Gasteiger partial charge in [-0.05, 0) is 23.8 Å². The first-order valence-corrected chi connectivity index (χ1v) is 10.3. The molecule has 2 aliphatic rings. The Hall–Kier alpha value is -1.06. The number of nitrogens with zero attached hydrogens (tertiary/aromatic N) is 1. The molecule has 0 saturated carbocycles. The lowest BCUT2D eigenvalue weighted by molar-refractivity contribution is -0.129. The second kappa shape index (κ2) is 8.09. The molecule has 3 rings (SSSR count). The quantitative estimate of drug-likeness (QED) is 0.581. The average Bonchev–Trinajstić information content (AvgIpc) is 3.06. The highest BCUT2D eigenvalue weighted by Crippen LogP contribution is 2.32. The summed E-state index contributed by atoms with van der Waals surface area (Å²) in [6.45, 7) is -0.147. The van der Waals surface area contributed by atoms with Crippen molar-refractivity contribution in [2.75, 3.05) is 18.1 Å². The molecule has 0 radical (unpaired) electrons. The van der Waals surface area contributed by atoms with Crippen LogP contribution >= 0.6 is 47.3 Å². The topological polar surface area (TPSA) is 69.6 Å². The molecule has 132 valence electrons. The van der Waals surface area contributed by atoms with Gasteiger partial charge in [-0.25, -0.2) is 0 Å². The van der Waals surface area contributed by atoms with E-state index in [0.717, 1.165) is 17.3 Å². The van der Waals surface area contributed by atoms with Crippen molar-refractivity contribution in [2.45, 2.75) is 12.1 Å². The maximum atomic E-state index is 12.5. The van der Waals surface area contributed by atoms with Crippen molar-refractivity contribution in [1.82, 2.24) is 10.2 Å². The van der Waals surface area contributed by atoms with Crippen molar-refractivity contribution < 1.29 is 14.7 Å². The van der Waals surface area contributed by atoms with Crippen molar-refractivity contribution in [3.05, 3.63) is 39.8 Å². The lowest BCUT2D eigenvalue weighted by Crippen LogP contribution is -2.47. The summed E-state index contributed by atoms with van der Waals surface area (Å²) in [4.78, 5) is 26.4. The fourth-order valence-corrected chi connectivity index (χ4v) is 5.08. The Kier molecular flexibility index (Phi) is 6.06. The number of thioether (sulfide) groups is 2. The monoisotopic (exact) mass is 414 g/mol. The average molecular weight is 415 g/mol. The summed E-state index contributed by atoms with van der Waals surface area (Å²) in [5.41, 5.74) is 0.795. The zero-order chi connectivity index (χ0) is 18.0. The molecule has 0 aliphatic carbocycles. The van der Waals surface area contributed by atoms with Crippen LogP contribution in [0, 0.1) is 0 Å². The van der Waals surface area contributed by atoms with Gasteiger partial charge in [0, 0.05) is 16.5 Å². The van der Waals surface area contributed by atoms with E-state index in [1.807, 2.05) is 6.07 Å². The normalized spacial score (nSPS) is 25.0. The number of aliphatic hydroxyl groups excluding tert-OH is 1. The summed E-state index contributed by atoms with van der Waals surface area (Å²) in [5, 5.41) is 13.1. The van der Waals surface area contributed by atoms with Crippen LogP contribution in [0.1, 0.15) is 5.56 Å². The van der Waals surface area contributed by atoms with Crippen molar-refractivity contribution in [1.29, 1.82) is 0 Å². The van der Waals surface area contributed by atoms with Gasteiger partial charge in [-0.1, -0.05) is 47.7 Å². The Bertz CT molecular complexity index is 756. The Morgan fingerprint density at radius 3 is 2.96 bits per heavy atom. The first-order chi connectivity index (χ1) is 11.9. The molecule has 2 heterocycles. The van der Waals surface area contributed by atoms with Crippen molar-refractivity contribution >= 4 is 69.6 Å². The van der Waals surface area contributed by atoms with Crippen LogP contribution in [0.4, 0.5) is 0 Å². The second-order valence-electron chi connectivity index (χ2n) is 5.60. The molecule has 1 aromatic rings. The third kappa shape index (κ3) is 4.57. The summed E-state index contributed by atoms with van der Waals surface area (Å²) >= 11 is 13.9. The molecule has 2 saturated heterocycles. The van der Waals surface area contributed by atoms with E-state index in [4.69, 9.17) is 23.8 Å². The van der Waals surface area contributed by atoms with Crippen LogP contribution in [0.3, 0.4) is 0 Å². The van der Waals surface area contributed by atoms with Crippen LogP contribution in [0.25, 0.3) is 6.08 Å². The molecule has 25 heavy (non-hydrogen) atoms. The number of hydrogen-bond acceptors (Lipinski definition) is 6. The number of rotatable bonds is 4. The minimum absolute atomic E-state index is 0.147. The zero-order valence-corrected chi connectivity index (χ0v) is 16.2. The van der Waals surface area contributed by atoms with E-state index in [1.165, 1.54) is 4.90 Å². The molecule has 0 spiro atoms. The van der Waals surface area contributed by atoms with E-state index in [9.17, 15) is 14.7 Å². The van der Waals surface area contributed by atoms with Gasteiger partial charge in [0.2, 0.25) is 5.91 Å². The van der Waals surface area contributed by atoms with E-state index in [1.54, 1.807) is 36.0 Å². The van der Waals surface area contributed by atoms with Gasteiger partial charge in [-0.15, -0.1) is 0 Å². The molecule has 2 fully saturated rings. The minimum Gasteiger partial charge on any atom is -0.390 e. The number of nitrogens with one attached hydrogen (secondary N) is 1. The number of hydrogen-bond donors (Lipinski definition) is 2. The predicted octanol–water partition coefficient (Wildman–Crippen LogP) is 2.13. The summed E-state index contributed by atoms with van der Waals surface area (Å²) in [5.74, 6) is 0.646. The molecule has 2 N–H and O–H groups in total. The largest absolute Gasteiger partial charge is 0.390 e. The Labute approximate surface area is 164 Å². The molecule has 2 atom stereocenters. The lowest BCUT2D eigenvalue weighted by Gasteiger charge is -2.18. The smallest absolute Gasteiger partial charge is 0.266 e. The molecule has 2 aliphatic heterocycles. The number of halogens is 1. The summed E-state index contributed by atoms with van der Waals surface area (Å²) in [6.07, 6.45) is 1.16. The van der Waals surface area contributed by atoms with E-state index in [-0.39, 0.29) is 24.4 Å². The molecule has 9 heteroatoms. The highest BCUT2D eigenvalue weighted by molar-refractivity contribution is 8.26. The maximum Gasteiger partial charge on any atom is 0.266 e. The molecule has 0 aromatic heterocycles. The molecule has 2 amide bonds. The van der Waals surface area contributed by atoms with E-state index < -0.39 is 6.10 Å². The third-order valence-corrected chi connectivity index (χ3v) is 6.50. The highest BCUT2D eigenvalue weighted by atomic mass is 35.5. The van der Waals surface area contributed by atoms with Crippen LogP contribution in [0.2, 0.25) is 5.02 Å². The molecular weight excluding hydrogens is 400 g/mol. The van der Waals surface area contributed by atoms with Crippen LogP contribution in [-0.2, 0) is 9.59 Å². The maximum absolute atomic E-state index is 12.5. The van der Waals surface area contributed by atoms with E-state index in [0.29, 0.717) is 25.8 Å². The second-order valence-corrected chi connectivity index (χ2v) is 8.79. The van der Waals surface area contributed by atoms with Gasteiger partial charge >= 0.3 is 0 Å². The van der Waals surface area contributed by atoms with Crippen LogP contribution in [0.15, 0.2) is 29.2 Å². The fourth-order valence-electron chi connectivity index (χ4n) is 2.46. The Morgan fingerprint density at radius 2 is 2.28 bits per heavy atom. The third-order valence-electron chi connectivity index (χ3n) is 3.72. The number of carbonyl (C=O) groups excluding carboxylic acids is 2. The number of carbonyl (C=O) groups is 2. The predicted molar refractivity (Wildman–Crippen MR) is 107 cm³/mol. The van der Waals surface area contributed by atoms with Gasteiger partial charge in [0.15, 0.2) is 0 Å². The number of benzene rings is 1. The number of aliphatic hydroxyl groups is 1. The van der Waals surface area contributed by atoms with Crippen molar-refractivity contribution in [3.63, 3.8) is 0 Å². The van der Waals surface area contributed by atoms with Crippen LogP contribution < -0.4 is 5.32 Å². The SMILES string of the molecule is O=C(CN1C(=O)/C(=C\c2cccc(Cl)c2)SC1=S)N[C@@H]1CSC[C@@H]1O. The lowest BCUT2D eigenvalue weighted by atomic mass is 10.2. The Balaban J connectivity index is 1.66. The molecule has 1 aromatic carbocycles. The van der Waals surface area contributed by atoms with Crippen molar-refractivity contribution in [3.8, 4) is 0 Å². The fraction of sp³-hybridized carbons (Fsp3) is 0.312. The van der Waals surface area contributed by atoms with Gasteiger partial charge in [-0.2, -0.15) is 11.8 Å². The van der Waals surface area contributed by atoms with Gasteiger partial charge in [0.1, 0.15) is 10.9 Å². The molecule has 5 nitrogen and oxygen atoms in total. The first kappa shape index (κ1) is 18.7. The highest BCUT2D eigenvalue weighted by Gasteiger charge is 2.34. The number of thiocarbonyl (C=S) groups is 1. The zero-order valence-electron chi connectivity index (χ0n) is 13.0. The summed E-state index contributed by atoms with van der Waals surface area (Å²) in [6, 6.07) is 6.86. The van der Waals surface area contributed by atoms with E-state index >= 15 is 0 Å². The standard InChI is InChI=1S/C16H15ClN2O3S3/c17-10-3-1-2-9(4-10)5-13-15(22)19(16(23)25-13)6-14(21)18-11-7-24-8-12(11)20/h1-5,11-12,20H,6-8H2,(H,18,21)/b13-5+/t11-,12+/m1/s1. The van der Waals surface area contributed by atoms with Gasteiger partial charge in [0.05, 0.1) is 17.1 Å². The minimum atomic E-state index is -0.553. The van der Waals surface area contributed by atoms with Gasteiger partial charge < -0.3 is 10.4 Å². The first-order valence-electron chi connectivity index (χ1n) is 7.50. The molecular formula is C16H15ClN2O3S3. The summed E-state index contributed by atoms with van der Waals surface area (Å²) < 4.78 is 0.342. The summed E-state index contributed by atoms with van der Waals surface area (Å²) in [7, 11) is 0. The Morgan fingerprint density at radius 1 is 1.48 bits per heavy atom. The van der Waals surface area contributed by atoms with Crippen LogP contribution in [-0.4, -0.2) is 56.3 Å². The molecule has 0 bridgehead atoms. The van der Waals surface area contributed by atoms with Crippen LogP contribution in [0.5, 0.6) is 0 Å². The van der Waals surface area contributed by atoms with E-state index in [2.05, 4.69) is 5.32 Å². The molecule has 0 unspecified atom stereocenters. The van der Waals surface area contributed by atoms with Crippen molar-refractivity contribution in [2.24, 2.45) is 0 Å². The number of amides is 2.